The molecule has 1 aliphatic rings. The molecule has 0 unspecified atom stereocenters. The first-order valence-corrected chi connectivity index (χ1v) is 6.06. The van der Waals surface area contributed by atoms with Crippen molar-refractivity contribution in [1.82, 2.24) is 10.6 Å². The zero-order valence-corrected chi connectivity index (χ0v) is 10.1. The molecule has 0 bridgehead atoms. The summed E-state index contributed by atoms with van der Waals surface area (Å²) < 4.78 is 18.1. The van der Waals surface area contributed by atoms with Crippen LogP contribution >= 0.6 is 0 Å². The topological polar surface area (TPSA) is 50.4 Å². The molecule has 0 aromatic heterocycles. The largest absolute Gasteiger partial charge is 0.445 e. The highest BCUT2D eigenvalue weighted by atomic mass is 19.1. The third-order valence-electron chi connectivity index (χ3n) is 2.83. The summed E-state index contributed by atoms with van der Waals surface area (Å²) in [5, 5.41) is 5.57. The van der Waals surface area contributed by atoms with Crippen LogP contribution in [0.15, 0.2) is 30.3 Å². The molecule has 5 heteroatoms. The van der Waals surface area contributed by atoms with Gasteiger partial charge in [0.15, 0.2) is 0 Å². The standard InChI is InChI=1S/C13H17FN2O2/c14-11-6-12(8-15-7-11)16-13(17)18-9-10-4-2-1-3-5-10/h1-5,11-12,15H,6-9H2,(H,16,17)/t11-,12-/m0/s1. The number of nitrogens with one attached hydrogen (secondary N) is 2. The van der Waals surface area contributed by atoms with Crippen LogP contribution in [0.25, 0.3) is 0 Å². The lowest BCUT2D eigenvalue weighted by atomic mass is 10.1. The van der Waals surface area contributed by atoms with Gasteiger partial charge >= 0.3 is 6.09 Å². The van der Waals surface area contributed by atoms with Crippen LogP contribution in [0.5, 0.6) is 0 Å². The smallest absolute Gasteiger partial charge is 0.407 e. The number of amides is 1. The lowest BCUT2D eigenvalue weighted by molar-refractivity contribution is 0.129. The van der Waals surface area contributed by atoms with E-state index in [-0.39, 0.29) is 12.6 Å². The van der Waals surface area contributed by atoms with Gasteiger partial charge in [-0.05, 0) is 5.56 Å². The van der Waals surface area contributed by atoms with E-state index in [0.29, 0.717) is 19.5 Å². The molecule has 1 aromatic rings. The summed E-state index contributed by atoms with van der Waals surface area (Å²) in [6, 6.07) is 9.24. The summed E-state index contributed by atoms with van der Waals surface area (Å²) in [7, 11) is 0. The summed E-state index contributed by atoms with van der Waals surface area (Å²) in [6.07, 6.45) is -1.06. The molecular formula is C13H17FN2O2. The van der Waals surface area contributed by atoms with Crippen LogP contribution in [0.1, 0.15) is 12.0 Å². The average molecular weight is 252 g/mol. The minimum Gasteiger partial charge on any atom is -0.445 e. The Morgan fingerprint density at radius 2 is 2.17 bits per heavy atom. The third-order valence-corrected chi connectivity index (χ3v) is 2.83. The van der Waals surface area contributed by atoms with Crippen LogP contribution in [0.2, 0.25) is 0 Å². The van der Waals surface area contributed by atoms with Crippen LogP contribution in [0.3, 0.4) is 0 Å². The van der Waals surface area contributed by atoms with Gasteiger partial charge in [0.1, 0.15) is 12.8 Å². The maximum Gasteiger partial charge on any atom is 0.407 e. The van der Waals surface area contributed by atoms with Crippen molar-refractivity contribution in [1.29, 1.82) is 0 Å². The average Bonchev–Trinajstić information content (AvgIpc) is 2.38. The summed E-state index contributed by atoms with van der Waals surface area (Å²) >= 11 is 0. The number of hydrogen-bond donors (Lipinski definition) is 2. The molecule has 0 radical (unpaired) electrons. The molecule has 1 fully saturated rings. The summed E-state index contributed by atoms with van der Waals surface area (Å²) in [5.74, 6) is 0. The Hall–Kier alpha value is -1.62. The number of alkyl carbamates (subject to hydrolysis) is 1. The summed E-state index contributed by atoms with van der Waals surface area (Å²) in [6.45, 7) is 1.17. The van der Waals surface area contributed by atoms with Crippen molar-refractivity contribution >= 4 is 6.09 Å². The van der Waals surface area contributed by atoms with Crippen LogP contribution in [0, 0.1) is 0 Å². The predicted octanol–water partition coefficient (Wildman–Crippen LogP) is 1.61. The number of ether oxygens (including phenoxy) is 1. The van der Waals surface area contributed by atoms with E-state index < -0.39 is 12.3 Å². The molecule has 0 aliphatic carbocycles. The van der Waals surface area contributed by atoms with Gasteiger partial charge in [-0.1, -0.05) is 30.3 Å². The second-order valence-corrected chi connectivity index (χ2v) is 4.39. The number of carbonyl (C=O) groups is 1. The minimum absolute atomic E-state index is 0.197. The van der Waals surface area contributed by atoms with E-state index in [1.807, 2.05) is 30.3 Å². The molecule has 18 heavy (non-hydrogen) atoms. The molecule has 0 saturated carbocycles. The molecule has 1 heterocycles. The minimum atomic E-state index is -0.904. The van der Waals surface area contributed by atoms with Crippen LogP contribution < -0.4 is 10.6 Å². The van der Waals surface area contributed by atoms with Crippen molar-refractivity contribution in [2.75, 3.05) is 13.1 Å². The fourth-order valence-corrected chi connectivity index (χ4v) is 1.93. The quantitative estimate of drug-likeness (QED) is 0.859. The molecule has 1 saturated heterocycles. The van der Waals surface area contributed by atoms with Gasteiger partial charge in [0.2, 0.25) is 0 Å². The maximum absolute atomic E-state index is 13.1. The van der Waals surface area contributed by atoms with Gasteiger partial charge in [-0.25, -0.2) is 9.18 Å². The van der Waals surface area contributed by atoms with E-state index in [2.05, 4.69) is 10.6 Å². The molecule has 0 spiro atoms. The highest BCUT2D eigenvalue weighted by molar-refractivity contribution is 5.67. The normalized spacial score (nSPS) is 23.4. The predicted molar refractivity (Wildman–Crippen MR) is 65.9 cm³/mol. The van der Waals surface area contributed by atoms with Gasteiger partial charge in [0, 0.05) is 25.6 Å². The highest BCUT2D eigenvalue weighted by Crippen LogP contribution is 2.07. The molecule has 1 aliphatic heterocycles. The van der Waals surface area contributed by atoms with Crippen molar-refractivity contribution in [3.8, 4) is 0 Å². The van der Waals surface area contributed by atoms with Crippen molar-refractivity contribution in [2.24, 2.45) is 0 Å². The van der Waals surface area contributed by atoms with Crippen molar-refractivity contribution < 1.29 is 13.9 Å². The summed E-state index contributed by atoms with van der Waals surface area (Å²) in [5.41, 5.74) is 0.929. The zero-order chi connectivity index (χ0) is 12.8. The Labute approximate surface area is 106 Å². The molecule has 2 atom stereocenters. The number of halogens is 1. The molecule has 1 amide bonds. The van der Waals surface area contributed by atoms with E-state index >= 15 is 0 Å². The first kappa shape index (κ1) is 12.8. The second kappa shape index (κ2) is 6.35. The maximum atomic E-state index is 13.1. The Bertz CT molecular complexity index is 386. The summed E-state index contributed by atoms with van der Waals surface area (Å²) in [4.78, 5) is 11.5. The Kier molecular flexibility index (Phi) is 4.52. The van der Waals surface area contributed by atoms with Gasteiger partial charge < -0.3 is 15.4 Å². The molecule has 98 valence electrons. The van der Waals surface area contributed by atoms with Crippen LogP contribution in [-0.2, 0) is 11.3 Å². The number of hydrogen-bond acceptors (Lipinski definition) is 3. The first-order valence-electron chi connectivity index (χ1n) is 6.06. The van der Waals surface area contributed by atoms with E-state index in [1.165, 1.54) is 0 Å². The third kappa shape index (κ3) is 4.00. The number of piperidine rings is 1. The molecule has 1 aromatic carbocycles. The van der Waals surface area contributed by atoms with E-state index in [4.69, 9.17) is 4.74 Å². The van der Waals surface area contributed by atoms with Gasteiger partial charge in [-0.15, -0.1) is 0 Å². The number of alkyl halides is 1. The molecular weight excluding hydrogens is 235 g/mol. The van der Waals surface area contributed by atoms with Gasteiger partial charge in [0.05, 0.1) is 0 Å². The van der Waals surface area contributed by atoms with Crippen LogP contribution in [-0.4, -0.2) is 31.4 Å². The first-order chi connectivity index (χ1) is 8.74. The Balaban J connectivity index is 1.72. The van der Waals surface area contributed by atoms with Crippen molar-refractivity contribution in [3.05, 3.63) is 35.9 Å². The van der Waals surface area contributed by atoms with Gasteiger partial charge in [-0.2, -0.15) is 0 Å². The molecule has 4 nitrogen and oxygen atoms in total. The van der Waals surface area contributed by atoms with Crippen molar-refractivity contribution in [3.63, 3.8) is 0 Å². The number of carbonyl (C=O) groups excluding carboxylic acids is 1. The van der Waals surface area contributed by atoms with E-state index in [9.17, 15) is 9.18 Å². The van der Waals surface area contributed by atoms with E-state index in [1.54, 1.807) is 0 Å². The number of benzene rings is 1. The van der Waals surface area contributed by atoms with E-state index in [0.717, 1.165) is 5.56 Å². The van der Waals surface area contributed by atoms with Gasteiger partial charge in [-0.3, -0.25) is 0 Å². The zero-order valence-electron chi connectivity index (χ0n) is 10.1. The molecule has 2 rings (SSSR count). The Morgan fingerprint density at radius 1 is 1.39 bits per heavy atom. The van der Waals surface area contributed by atoms with Crippen molar-refractivity contribution in [2.45, 2.75) is 25.2 Å². The van der Waals surface area contributed by atoms with Gasteiger partial charge in [0.25, 0.3) is 0 Å². The lowest BCUT2D eigenvalue weighted by Crippen LogP contribution is -2.49. The Morgan fingerprint density at radius 3 is 2.89 bits per heavy atom. The fraction of sp³-hybridized carbons (Fsp3) is 0.462. The number of rotatable bonds is 3. The highest BCUT2D eigenvalue weighted by Gasteiger charge is 2.22. The fourth-order valence-electron chi connectivity index (χ4n) is 1.93. The monoisotopic (exact) mass is 252 g/mol. The SMILES string of the molecule is O=C(N[C@@H]1CNC[C@@H](F)C1)OCc1ccccc1. The van der Waals surface area contributed by atoms with Crippen LogP contribution in [0.4, 0.5) is 9.18 Å². The lowest BCUT2D eigenvalue weighted by Gasteiger charge is -2.26. The molecule has 2 N–H and O–H groups in total. The second-order valence-electron chi connectivity index (χ2n) is 4.39.